The van der Waals surface area contributed by atoms with E-state index >= 15 is 0 Å². The highest BCUT2D eigenvalue weighted by Crippen LogP contribution is 2.21. The largest absolute Gasteiger partial charge is 0.222 e. The van der Waals surface area contributed by atoms with Gasteiger partial charge in [0.15, 0.2) is 0 Å². The molecular formula is C13H9ClN2. The fraction of sp³-hybridized carbons (Fsp3) is 0. The first-order chi connectivity index (χ1) is 7.84. The van der Waals surface area contributed by atoms with Crippen molar-refractivity contribution in [2.45, 2.75) is 0 Å². The van der Waals surface area contributed by atoms with Gasteiger partial charge in [0.05, 0.1) is 11.2 Å². The predicted octanol–water partition coefficient (Wildman–Crippen LogP) is 3.65. The molecule has 0 bridgehead atoms. The summed E-state index contributed by atoms with van der Waals surface area (Å²) in [6, 6.07) is 17.8. The van der Waals surface area contributed by atoms with Crippen LogP contribution in [0.25, 0.3) is 16.8 Å². The van der Waals surface area contributed by atoms with E-state index in [1.807, 2.05) is 54.6 Å². The number of benzene rings is 1. The average Bonchev–Trinajstić information content (AvgIpc) is 2.76. The van der Waals surface area contributed by atoms with Gasteiger partial charge >= 0.3 is 0 Å². The van der Waals surface area contributed by atoms with Gasteiger partial charge in [-0.1, -0.05) is 48.0 Å². The number of fused-ring (bicyclic) bond motifs is 1. The Kier molecular flexibility index (Phi) is 2.15. The van der Waals surface area contributed by atoms with Crippen LogP contribution in [0.2, 0.25) is 5.15 Å². The monoisotopic (exact) mass is 228 g/mol. The van der Waals surface area contributed by atoms with Gasteiger partial charge in [0, 0.05) is 5.56 Å². The zero-order valence-corrected chi connectivity index (χ0v) is 9.22. The van der Waals surface area contributed by atoms with Crippen LogP contribution >= 0.6 is 11.6 Å². The Balaban J connectivity index is 2.23. The van der Waals surface area contributed by atoms with Crippen LogP contribution in [0.5, 0.6) is 0 Å². The number of hydrogen-bond acceptors (Lipinski definition) is 1. The Labute approximate surface area is 98.1 Å². The van der Waals surface area contributed by atoms with E-state index in [0.717, 1.165) is 16.8 Å². The topological polar surface area (TPSA) is 17.3 Å². The number of rotatable bonds is 1. The van der Waals surface area contributed by atoms with Gasteiger partial charge in [-0.05, 0) is 18.2 Å². The Morgan fingerprint density at radius 2 is 1.75 bits per heavy atom. The molecule has 0 amide bonds. The molecule has 0 radical (unpaired) electrons. The molecule has 78 valence electrons. The lowest BCUT2D eigenvalue weighted by atomic mass is 10.1. The quantitative estimate of drug-likeness (QED) is 0.581. The first-order valence-corrected chi connectivity index (χ1v) is 5.42. The summed E-state index contributed by atoms with van der Waals surface area (Å²) in [6.07, 6.45) is 0. The first kappa shape index (κ1) is 9.43. The van der Waals surface area contributed by atoms with Crippen molar-refractivity contribution in [2.75, 3.05) is 0 Å². The molecular weight excluding hydrogens is 220 g/mol. The third-order valence-corrected chi connectivity index (χ3v) is 2.80. The summed E-state index contributed by atoms with van der Waals surface area (Å²) < 4.78 is 1.74. The number of hydrogen-bond donors (Lipinski definition) is 0. The van der Waals surface area contributed by atoms with Crippen molar-refractivity contribution in [3.8, 4) is 11.3 Å². The Hall–Kier alpha value is -1.80. The summed E-state index contributed by atoms with van der Waals surface area (Å²) in [7, 11) is 0. The maximum Gasteiger partial charge on any atom is 0.131 e. The molecule has 3 heteroatoms. The number of aromatic nitrogens is 2. The van der Waals surface area contributed by atoms with E-state index in [4.69, 9.17) is 11.6 Å². The van der Waals surface area contributed by atoms with E-state index < -0.39 is 0 Å². The molecule has 0 N–H and O–H groups in total. The molecule has 0 saturated heterocycles. The van der Waals surface area contributed by atoms with Crippen LogP contribution in [0.15, 0.2) is 54.6 Å². The standard InChI is InChI=1S/C13H9ClN2/c14-13-8-4-7-11-9-12(15-16(11)13)10-5-2-1-3-6-10/h1-9H. The SMILES string of the molecule is Clc1cccc2cc(-c3ccccc3)nn12. The first-order valence-electron chi connectivity index (χ1n) is 5.04. The summed E-state index contributed by atoms with van der Waals surface area (Å²) >= 11 is 6.06. The summed E-state index contributed by atoms with van der Waals surface area (Å²) in [5.74, 6) is 0. The molecule has 0 saturated carbocycles. The van der Waals surface area contributed by atoms with Crippen LogP contribution in [0.3, 0.4) is 0 Å². The fourth-order valence-electron chi connectivity index (χ4n) is 1.73. The number of halogens is 1. The third-order valence-electron chi connectivity index (χ3n) is 2.51. The molecule has 3 aromatic rings. The third kappa shape index (κ3) is 1.48. The summed E-state index contributed by atoms with van der Waals surface area (Å²) in [5.41, 5.74) is 3.04. The fourth-order valence-corrected chi connectivity index (χ4v) is 1.94. The van der Waals surface area contributed by atoms with Crippen LogP contribution in [-0.2, 0) is 0 Å². The van der Waals surface area contributed by atoms with E-state index in [0.29, 0.717) is 5.15 Å². The van der Waals surface area contributed by atoms with Crippen molar-refractivity contribution in [1.82, 2.24) is 9.61 Å². The molecule has 0 aliphatic heterocycles. The van der Waals surface area contributed by atoms with Gasteiger partial charge < -0.3 is 0 Å². The van der Waals surface area contributed by atoms with Gasteiger partial charge in [-0.2, -0.15) is 5.10 Å². The second kappa shape index (κ2) is 3.65. The highest BCUT2D eigenvalue weighted by Gasteiger charge is 2.05. The molecule has 0 unspecified atom stereocenters. The van der Waals surface area contributed by atoms with Crippen LogP contribution in [-0.4, -0.2) is 9.61 Å². The van der Waals surface area contributed by atoms with E-state index in [2.05, 4.69) is 5.10 Å². The molecule has 16 heavy (non-hydrogen) atoms. The minimum Gasteiger partial charge on any atom is -0.222 e. The lowest BCUT2D eigenvalue weighted by Gasteiger charge is -1.95. The predicted molar refractivity (Wildman–Crippen MR) is 65.6 cm³/mol. The van der Waals surface area contributed by atoms with E-state index in [1.54, 1.807) is 4.52 Å². The van der Waals surface area contributed by atoms with Crippen molar-refractivity contribution < 1.29 is 0 Å². The van der Waals surface area contributed by atoms with Gasteiger partial charge in [0.25, 0.3) is 0 Å². The second-order valence-corrected chi connectivity index (χ2v) is 3.97. The maximum absolute atomic E-state index is 6.06. The van der Waals surface area contributed by atoms with E-state index in [1.165, 1.54) is 0 Å². The minimum atomic E-state index is 0.625. The highest BCUT2D eigenvalue weighted by atomic mass is 35.5. The van der Waals surface area contributed by atoms with Crippen LogP contribution in [0.4, 0.5) is 0 Å². The zero-order chi connectivity index (χ0) is 11.0. The highest BCUT2D eigenvalue weighted by molar-refractivity contribution is 6.29. The van der Waals surface area contributed by atoms with Gasteiger partial charge in [0.2, 0.25) is 0 Å². The van der Waals surface area contributed by atoms with Crippen LogP contribution < -0.4 is 0 Å². The molecule has 0 aliphatic rings. The summed E-state index contributed by atoms with van der Waals surface area (Å²) in [6.45, 7) is 0. The van der Waals surface area contributed by atoms with Gasteiger partial charge in [0.1, 0.15) is 5.15 Å². The lowest BCUT2D eigenvalue weighted by Crippen LogP contribution is -1.88. The van der Waals surface area contributed by atoms with Crippen molar-refractivity contribution in [2.24, 2.45) is 0 Å². The zero-order valence-electron chi connectivity index (χ0n) is 8.47. The van der Waals surface area contributed by atoms with Gasteiger partial charge in [-0.25, -0.2) is 4.52 Å². The van der Waals surface area contributed by atoms with Crippen molar-refractivity contribution in [1.29, 1.82) is 0 Å². The molecule has 0 spiro atoms. The van der Waals surface area contributed by atoms with E-state index in [9.17, 15) is 0 Å². The summed E-state index contributed by atoms with van der Waals surface area (Å²) in [4.78, 5) is 0. The van der Waals surface area contributed by atoms with Gasteiger partial charge in [-0.15, -0.1) is 0 Å². The Morgan fingerprint density at radius 3 is 2.50 bits per heavy atom. The number of nitrogens with zero attached hydrogens (tertiary/aromatic N) is 2. The minimum absolute atomic E-state index is 0.625. The van der Waals surface area contributed by atoms with Crippen LogP contribution in [0.1, 0.15) is 0 Å². The lowest BCUT2D eigenvalue weighted by molar-refractivity contribution is 0.966. The molecule has 0 fully saturated rings. The van der Waals surface area contributed by atoms with Crippen molar-refractivity contribution in [3.05, 3.63) is 59.8 Å². The number of pyridine rings is 1. The smallest absolute Gasteiger partial charge is 0.131 e. The molecule has 0 atom stereocenters. The van der Waals surface area contributed by atoms with Crippen LogP contribution in [0, 0.1) is 0 Å². The van der Waals surface area contributed by atoms with Gasteiger partial charge in [-0.3, -0.25) is 0 Å². The Morgan fingerprint density at radius 1 is 0.938 bits per heavy atom. The molecule has 2 nitrogen and oxygen atoms in total. The maximum atomic E-state index is 6.06. The molecule has 2 aromatic heterocycles. The van der Waals surface area contributed by atoms with Crippen molar-refractivity contribution in [3.63, 3.8) is 0 Å². The normalized spacial score (nSPS) is 10.8. The molecule has 2 heterocycles. The summed E-state index contributed by atoms with van der Waals surface area (Å²) in [5, 5.41) is 5.09. The Bertz CT molecular complexity index is 629. The van der Waals surface area contributed by atoms with Crippen molar-refractivity contribution >= 4 is 17.1 Å². The molecule has 1 aromatic carbocycles. The molecule has 0 aliphatic carbocycles. The van der Waals surface area contributed by atoms with E-state index in [-0.39, 0.29) is 0 Å². The molecule has 3 rings (SSSR count). The second-order valence-electron chi connectivity index (χ2n) is 3.58. The average molecular weight is 229 g/mol.